The Morgan fingerprint density at radius 2 is 2.59 bits per heavy atom. The van der Waals surface area contributed by atoms with Crippen molar-refractivity contribution in [1.29, 1.82) is 0 Å². The summed E-state index contributed by atoms with van der Waals surface area (Å²) in [5, 5.41) is 9.71. The molecule has 0 spiro atoms. The van der Waals surface area contributed by atoms with Gasteiger partial charge in [-0.1, -0.05) is 12.1 Å². The van der Waals surface area contributed by atoms with Crippen LogP contribution in [-0.2, 0) is 11.2 Å². The second-order valence-corrected chi connectivity index (χ2v) is 4.40. The van der Waals surface area contributed by atoms with Crippen LogP contribution < -0.4 is 10.6 Å². The lowest BCUT2D eigenvalue weighted by atomic mass is 9.83. The van der Waals surface area contributed by atoms with Crippen LogP contribution in [0.2, 0.25) is 0 Å². The summed E-state index contributed by atoms with van der Waals surface area (Å²) in [5.74, 6) is 0.685. The van der Waals surface area contributed by atoms with Gasteiger partial charge in [-0.25, -0.2) is 0 Å². The molecule has 1 aromatic heterocycles. The van der Waals surface area contributed by atoms with E-state index in [4.69, 9.17) is 4.52 Å². The molecule has 1 amide bonds. The third kappa shape index (κ3) is 2.63. The number of aromatic nitrogens is 2. The number of carbonyl (C=O) groups excluding carboxylic acids is 1. The van der Waals surface area contributed by atoms with Crippen LogP contribution in [0.4, 0.5) is 0 Å². The average molecular weight is 238 g/mol. The van der Waals surface area contributed by atoms with Crippen LogP contribution in [-0.4, -0.2) is 35.7 Å². The van der Waals surface area contributed by atoms with E-state index in [9.17, 15) is 4.79 Å². The smallest absolute Gasteiger partial charge is 0.228 e. The first-order chi connectivity index (χ1) is 8.27. The number of nitrogens with zero attached hydrogens (tertiary/aromatic N) is 2. The van der Waals surface area contributed by atoms with Gasteiger partial charge >= 0.3 is 0 Å². The second kappa shape index (κ2) is 5.27. The van der Waals surface area contributed by atoms with Gasteiger partial charge in [0.15, 0.2) is 6.33 Å². The highest BCUT2D eigenvalue weighted by molar-refractivity contribution is 5.83. The van der Waals surface area contributed by atoms with E-state index in [0.717, 1.165) is 25.9 Å². The van der Waals surface area contributed by atoms with E-state index >= 15 is 0 Å². The zero-order valence-corrected chi connectivity index (χ0v) is 10.0. The first-order valence-corrected chi connectivity index (χ1v) is 6.01. The van der Waals surface area contributed by atoms with Gasteiger partial charge < -0.3 is 15.2 Å². The van der Waals surface area contributed by atoms with Gasteiger partial charge in [0.05, 0.1) is 5.41 Å². The fourth-order valence-corrected chi connectivity index (χ4v) is 2.18. The molecule has 1 atom stereocenters. The summed E-state index contributed by atoms with van der Waals surface area (Å²) in [6.45, 7) is 4.30. The summed E-state index contributed by atoms with van der Waals surface area (Å²) in [6, 6.07) is 0. The van der Waals surface area contributed by atoms with Gasteiger partial charge in [-0.15, -0.1) is 0 Å². The van der Waals surface area contributed by atoms with Gasteiger partial charge in [-0.2, -0.15) is 4.98 Å². The summed E-state index contributed by atoms with van der Waals surface area (Å²) < 4.78 is 4.87. The van der Waals surface area contributed by atoms with Crippen molar-refractivity contribution in [1.82, 2.24) is 20.8 Å². The van der Waals surface area contributed by atoms with Crippen molar-refractivity contribution in [3.8, 4) is 0 Å². The minimum absolute atomic E-state index is 0.129. The number of amides is 1. The number of hydrogen-bond acceptors (Lipinski definition) is 5. The summed E-state index contributed by atoms with van der Waals surface area (Å²) in [4.78, 5) is 16.0. The maximum Gasteiger partial charge on any atom is 0.228 e. The van der Waals surface area contributed by atoms with Crippen LogP contribution in [0, 0.1) is 5.41 Å². The molecule has 1 saturated heterocycles. The number of carbonyl (C=O) groups is 1. The molecule has 2 heterocycles. The zero-order valence-electron chi connectivity index (χ0n) is 10.0. The molecule has 17 heavy (non-hydrogen) atoms. The Kier molecular flexibility index (Phi) is 3.73. The first kappa shape index (κ1) is 12.0. The quantitative estimate of drug-likeness (QED) is 0.761. The Bertz CT molecular complexity index is 358. The summed E-state index contributed by atoms with van der Waals surface area (Å²) in [7, 11) is 0. The summed E-state index contributed by atoms with van der Waals surface area (Å²) in [6.07, 6.45) is 3.73. The Hall–Kier alpha value is -1.43. The van der Waals surface area contributed by atoms with Gasteiger partial charge in [0.1, 0.15) is 0 Å². The van der Waals surface area contributed by atoms with Crippen molar-refractivity contribution >= 4 is 5.91 Å². The van der Waals surface area contributed by atoms with Gasteiger partial charge in [-0.05, 0) is 19.4 Å². The number of hydrogen-bond donors (Lipinski definition) is 2. The Labute approximate surface area is 100 Å². The van der Waals surface area contributed by atoms with E-state index in [0.29, 0.717) is 18.9 Å². The normalized spacial score (nSPS) is 23.8. The molecule has 6 heteroatoms. The summed E-state index contributed by atoms with van der Waals surface area (Å²) >= 11 is 0. The first-order valence-electron chi connectivity index (χ1n) is 6.01. The van der Waals surface area contributed by atoms with Gasteiger partial charge in [0, 0.05) is 19.5 Å². The lowest BCUT2D eigenvalue weighted by molar-refractivity contribution is -0.130. The van der Waals surface area contributed by atoms with Crippen molar-refractivity contribution in [2.24, 2.45) is 5.41 Å². The predicted octanol–water partition coefficient (Wildman–Crippen LogP) is 0.118. The van der Waals surface area contributed by atoms with Crippen molar-refractivity contribution in [3.63, 3.8) is 0 Å². The second-order valence-electron chi connectivity index (χ2n) is 4.40. The monoisotopic (exact) mass is 238 g/mol. The van der Waals surface area contributed by atoms with Crippen molar-refractivity contribution in [3.05, 3.63) is 12.2 Å². The van der Waals surface area contributed by atoms with Gasteiger partial charge in [-0.3, -0.25) is 4.79 Å². The molecule has 1 aromatic rings. The average Bonchev–Trinajstić information content (AvgIpc) is 3.00. The minimum Gasteiger partial charge on any atom is -0.355 e. The molecule has 0 aromatic carbocycles. The fourth-order valence-electron chi connectivity index (χ4n) is 2.18. The minimum atomic E-state index is -0.227. The van der Waals surface area contributed by atoms with Crippen LogP contribution in [0.25, 0.3) is 0 Å². The summed E-state index contributed by atoms with van der Waals surface area (Å²) in [5.41, 5.74) is -0.227. The molecular formula is C11H18N4O2. The maximum absolute atomic E-state index is 12.1. The van der Waals surface area contributed by atoms with Crippen molar-refractivity contribution in [2.45, 2.75) is 26.2 Å². The lowest BCUT2D eigenvalue weighted by Crippen LogP contribution is -2.42. The number of nitrogens with one attached hydrogen (secondary N) is 2. The molecule has 2 rings (SSSR count). The third-order valence-corrected chi connectivity index (χ3v) is 3.43. The molecule has 94 valence electrons. The molecule has 0 bridgehead atoms. The molecule has 1 aliphatic rings. The fraction of sp³-hybridized carbons (Fsp3) is 0.727. The van der Waals surface area contributed by atoms with Crippen molar-refractivity contribution in [2.75, 3.05) is 19.6 Å². The van der Waals surface area contributed by atoms with Crippen LogP contribution in [0.3, 0.4) is 0 Å². The SMILES string of the molecule is CCC1(C(=O)NCCc2ncno2)CCNC1. The van der Waals surface area contributed by atoms with E-state index in [-0.39, 0.29) is 11.3 Å². The van der Waals surface area contributed by atoms with E-state index < -0.39 is 0 Å². The lowest BCUT2D eigenvalue weighted by Gasteiger charge is -2.24. The molecule has 6 nitrogen and oxygen atoms in total. The Morgan fingerprint density at radius 3 is 3.18 bits per heavy atom. The van der Waals surface area contributed by atoms with Crippen LogP contribution >= 0.6 is 0 Å². The molecule has 0 radical (unpaired) electrons. The third-order valence-electron chi connectivity index (χ3n) is 3.43. The zero-order chi connectivity index (χ0) is 12.1. The maximum atomic E-state index is 12.1. The highest BCUT2D eigenvalue weighted by Crippen LogP contribution is 2.29. The van der Waals surface area contributed by atoms with E-state index in [1.165, 1.54) is 6.33 Å². The molecule has 1 fully saturated rings. The van der Waals surface area contributed by atoms with Crippen LogP contribution in [0.15, 0.2) is 10.9 Å². The van der Waals surface area contributed by atoms with Crippen molar-refractivity contribution < 1.29 is 9.32 Å². The molecule has 2 N–H and O–H groups in total. The number of rotatable bonds is 5. The van der Waals surface area contributed by atoms with E-state index in [2.05, 4.69) is 27.7 Å². The molecule has 0 saturated carbocycles. The van der Waals surface area contributed by atoms with Crippen LogP contribution in [0.5, 0.6) is 0 Å². The van der Waals surface area contributed by atoms with E-state index in [1.807, 2.05) is 0 Å². The van der Waals surface area contributed by atoms with Gasteiger partial charge in [0.25, 0.3) is 0 Å². The highest BCUT2D eigenvalue weighted by atomic mass is 16.5. The molecule has 1 unspecified atom stereocenters. The highest BCUT2D eigenvalue weighted by Gasteiger charge is 2.39. The molecular weight excluding hydrogens is 220 g/mol. The van der Waals surface area contributed by atoms with Crippen LogP contribution in [0.1, 0.15) is 25.7 Å². The molecule has 0 aliphatic carbocycles. The van der Waals surface area contributed by atoms with Gasteiger partial charge in [0.2, 0.25) is 11.8 Å². The largest absolute Gasteiger partial charge is 0.355 e. The van der Waals surface area contributed by atoms with E-state index in [1.54, 1.807) is 0 Å². The predicted molar refractivity (Wildman–Crippen MR) is 61.2 cm³/mol. The Morgan fingerprint density at radius 1 is 1.71 bits per heavy atom. The molecule has 1 aliphatic heterocycles. The standard InChI is InChI=1S/C11H18N4O2/c1-2-11(4-6-12-7-11)10(16)13-5-3-9-14-8-15-17-9/h8,12H,2-7H2,1H3,(H,13,16). The topological polar surface area (TPSA) is 80.1 Å². The Balaban J connectivity index is 1.80.